The summed E-state index contributed by atoms with van der Waals surface area (Å²) in [7, 11) is -3.21. The quantitative estimate of drug-likeness (QED) is 0.590. The van der Waals surface area contributed by atoms with Crippen molar-refractivity contribution in [1.29, 1.82) is 0 Å². The number of hydrogen-bond acceptors (Lipinski definition) is 4. The van der Waals surface area contributed by atoms with Gasteiger partial charge in [0.15, 0.2) is 0 Å². The molecule has 0 aromatic rings. The fraction of sp³-hybridized carbons (Fsp3) is 0.778. The number of carboxylic acids is 1. The highest BCUT2D eigenvalue weighted by Crippen LogP contribution is 2.17. The van der Waals surface area contributed by atoms with Crippen molar-refractivity contribution in [2.75, 3.05) is 25.9 Å². The molecule has 0 spiro atoms. The van der Waals surface area contributed by atoms with Crippen LogP contribution in [0.5, 0.6) is 0 Å². The Balaban J connectivity index is 2.29. The summed E-state index contributed by atoms with van der Waals surface area (Å²) in [5.74, 6) is -1.78. The number of amides is 1. The van der Waals surface area contributed by atoms with E-state index in [1.165, 1.54) is 4.90 Å². The molecule has 8 heteroatoms. The molecule has 1 heterocycles. The molecular formula is C9H16N2O5S. The second kappa shape index (κ2) is 5.46. The van der Waals surface area contributed by atoms with Crippen molar-refractivity contribution in [2.24, 2.45) is 5.92 Å². The van der Waals surface area contributed by atoms with Gasteiger partial charge in [-0.05, 0) is 6.42 Å². The van der Waals surface area contributed by atoms with Crippen LogP contribution >= 0.6 is 0 Å². The third-order valence-electron chi connectivity index (χ3n) is 2.53. The minimum atomic E-state index is -3.21. The number of hydrogen-bond donors (Lipinski definition) is 2. The van der Waals surface area contributed by atoms with Gasteiger partial charge in [-0.15, -0.1) is 0 Å². The predicted molar refractivity (Wildman–Crippen MR) is 59.8 cm³/mol. The van der Waals surface area contributed by atoms with Gasteiger partial charge in [0.25, 0.3) is 0 Å². The molecule has 2 N–H and O–H groups in total. The van der Waals surface area contributed by atoms with Crippen molar-refractivity contribution in [3.8, 4) is 0 Å². The number of carbonyl (C=O) groups is 2. The number of carbonyl (C=O) groups excluding carboxylic acids is 1. The second-order valence-electron chi connectivity index (χ2n) is 4.10. The van der Waals surface area contributed by atoms with Crippen LogP contribution in [-0.2, 0) is 19.6 Å². The van der Waals surface area contributed by atoms with Crippen LogP contribution in [-0.4, -0.2) is 56.2 Å². The summed E-state index contributed by atoms with van der Waals surface area (Å²) in [6, 6.07) is 0. The highest BCUT2D eigenvalue weighted by Gasteiger charge is 2.33. The average molecular weight is 264 g/mol. The van der Waals surface area contributed by atoms with Crippen LogP contribution in [0.25, 0.3) is 0 Å². The third kappa shape index (κ3) is 4.70. The number of likely N-dealkylation sites (tertiary alicyclic amines) is 1. The van der Waals surface area contributed by atoms with E-state index in [1.54, 1.807) is 0 Å². The van der Waals surface area contributed by atoms with Gasteiger partial charge in [0.2, 0.25) is 15.9 Å². The average Bonchev–Trinajstić information content (AvgIpc) is 2.54. The van der Waals surface area contributed by atoms with Crippen LogP contribution in [0, 0.1) is 5.92 Å². The number of sulfonamides is 1. The minimum absolute atomic E-state index is 0.0365. The van der Waals surface area contributed by atoms with Gasteiger partial charge in [0.05, 0.1) is 12.2 Å². The maximum atomic E-state index is 11.4. The van der Waals surface area contributed by atoms with Crippen LogP contribution in [0.1, 0.15) is 12.8 Å². The van der Waals surface area contributed by atoms with Crippen LogP contribution in [0.4, 0.5) is 0 Å². The molecule has 98 valence electrons. The molecule has 1 saturated heterocycles. The lowest BCUT2D eigenvalue weighted by Crippen LogP contribution is -2.31. The number of carboxylic acid groups (broad SMARTS) is 1. The maximum Gasteiger partial charge on any atom is 0.308 e. The van der Waals surface area contributed by atoms with E-state index in [0.717, 1.165) is 6.26 Å². The third-order valence-corrected chi connectivity index (χ3v) is 3.26. The zero-order valence-corrected chi connectivity index (χ0v) is 10.4. The Morgan fingerprint density at radius 2 is 2.24 bits per heavy atom. The van der Waals surface area contributed by atoms with E-state index in [2.05, 4.69) is 4.72 Å². The van der Waals surface area contributed by atoms with E-state index in [4.69, 9.17) is 5.11 Å². The second-order valence-corrected chi connectivity index (χ2v) is 5.93. The molecule has 0 bridgehead atoms. The summed E-state index contributed by atoms with van der Waals surface area (Å²) in [5, 5.41) is 8.76. The molecule has 1 aliphatic rings. The Morgan fingerprint density at radius 1 is 1.59 bits per heavy atom. The van der Waals surface area contributed by atoms with E-state index in [1.807, 2.05) is 0 Å². The minimum Gasteiger partial charge on any atom is -0.481 e. The number of nitrogens with zero attached hydrogens (tertiary/aromatic N) is 1. The van der Waals surface area contributed by atoms with Crippen LogP contribution in [0.3, 0.4) is 0 Å². The summed E-state index contributed by atoms with van der Waals surface area (Å²) in [5.41, 5.74) is 0. The first-order chi connectivity index (χ1) is 7.79. The lowest BCUT2D eigenvalue weighted by atomic mass is 10.1. The molecular weight excluding hydrogens is 248 g/mol. The monoisotopic (exact) mass is 264 g/mol. The van der Waals surface area contributed by atoms with Crippen LogP contribution in [0.15, 0.2) is 0 Å². The SMILES string of the molecule is CS(=O)(=O)NCCCN1CC(C(=O)O)CC1=O. The van der Waals surface area contributed by atoms with Gasteiger partial charge in [-0.2, -0.15) is 0 Å². The van der Waals surface area contributed by atoms with Crippen LogP contribution in [0.2, 0.25) is 0 Å². The molecule has 0 radical (unpaired) electrons. The fourth-order valence-corrected chi connectivity index (χ4v) is 2.20. The van der Waals surface area contributed by atoms with Gasteiger partial charge in [-0.1, -0.05) is 0 Å². The summed E-state index contributed by atoms with van der Waals surface area (Å²) >= 11 is 0. The van der Waals surface area contributed by atoms with E-state index >= 15 is 0 Å². The van der Waals surface area contributed by atoms with Gasteiger partial charge in [0, 0.05) is 26.1 Å². The zero-order valence-electron chi connectivity index (χ0n) is 9.55. The van der Waals surface area contributed by atoms with Crippen molar-refractivity contribution in [2.45, 2.75) is 12.8 Å². The zero-order chi connectivity index (χ0) is 13.1. The van der Waals surface area contributed by atoms with Crippen molar-refractivity contribution in [3.63, 3.8) is 0 Å². The number of rotatable bonds is 6. The highest BCUT2D eigenvalue weighted by atomic mass is 32.2. The van der Waals surface area contributed by atoms with Gasteiger partial charge < -0.3 is 10.0 Å². The van der Waals surface area contributed by atoms with Gasteiger partial charge >= 0.3 is 5.97 Å². The summed E-state index contributed by atoms with van der Waals surface area (Å²) < 4.78 is 23.8. The molecule has 7 nitrogen and oxygen atoms in total. The molecule has 1 atom stereocenters. The van der Waals surface area contributed by atoms with E-state index in [-0.39, 0.29) is 25.4 Å². The molecule has 0 aliphatic carbocycles. The normalized spacial score (nSPS) is 20.9. The first kappa shape index (κ1) is 13.9. The van der Waals surface area contributed by atoms with Crippen molar-refractivity contribution >= 4 is 21.9 Å². The molecule has 1 aliphatic heterocycles. The molecule has 1 unspecified atom stereocenters. The van der Waals surface area contributed by atoms with E-state index in [0.29, 0.717) is 13.0 Å². The first-order valence-corrected chi connectivity index (χ1v) is 7.14. The predicted octanol–water partition coefficient (Wildman–Crippen LogP) is -1.14. The Bertz CT molecular complexity index is 406. The Morgan fingerprint density at radius 3 is 2.71 bits per heavy atom. The molecule has 0 saturated carbocycles. The van der Waals surface area contributed by atoms with Crippen molar-refractivity contribution in [1.82, 2.24) is 9.62 Å². The smallest absolute Gasteiger partial charge is 0.308 e. The Kier molecular flexibility index (Phi) is 4.47. The number of aliphatic carboxylic acids is 1. The topological polar surface area (TPSA) is 104 Å². The lowest BCUT2D eigenvalue weighted by Gasteiger charge is -2.15. The fourth-order valence-electron chi connectivity index (χ4n) is 1.68. The molecule has 0 aromatic heterocycles. The number of nitrogens with one attached hydrogen (secondary N) is 1. The summed E-state index contributed by atoms with van der Waals surface area (Å²) in [4.78, 5) is 23.5. The Hall–Kier alpha value is -1.15. The molecule has 17 heavy (non-hydrogen) atoms. The largest absolute Gasteiger partial charge is 0.481 e. The van der Waals surface area contributed by atoms with Crippen molar-refractivity contribution in [3.05, 3.63) is 0 Å². The molecule has 1 rings (SSSR count). The van der Waals surface area contributed by atoms with Gasteiger partial charge in [-0.3, -0.25) is 9.59 Å². The van der Waals surface area contributed by atoms with Crippen LogP contribution < -0.4 is 4.72 Å². The standard InChI is InChI=1S/C9H16N2O5S/c1-17(15,16)10-3-2-4-11-6-7(9(13)14)5-8(11)12/h7,10H,2-6H2,1H3,(H,13,14). The maximum absolute atomic E-state index is 11.4. The molecule has 0 aromatic carbocycles. The first-order valence-electron chi connectivity index (χ1n) is 5.25. The van der Waals surface area contributed by atoms with Crippen molar-refractivity contribution < 1.29 is 23.1 Å². The lowest BCUT2D eigenvalue weighted by molar-refractivity contribution is -0.141. The van der Waals surface area contributed by atoms with E-state index in [9.17, 15) is 18.0 Å². The van der Waals surface area contributed by atoms with Gasteiger partial charge in [0.1, 0.15) is 0 Å². The Labute approximate surface area is 99.8 Å². The molecule has 1 fully saturated rings. The highest BCUT2D eigenvalue weighted by molar-refractivity contribution is 7.88. The summed E-state index contributed by atoms with van der Waals surface area (Å²) in [6.45, 7) is 0.846. The summed E-state index contributed by atoms with van der Waals surface area (Å²) in [6.07, 6.45) is 1.58. The van der Waals surface area contributed by atoms with E-state index < -0.39 is 21.9 Å². The molecule has 1 amide bonds. The van der Waals surface area contributed by atoms with Gasteiger partial charge in [-0.25, -0.2) is 13.1 Å².